The van der Waals surface area contributed by atoms with Gasteiger partial charge in [-0.2, -0.15) is 11.8 Å². The molecule has 5 heteroatoms. The molecule has 0 rings (SSSR count). The molecule has 82 valence electrons. The highest BCUT2D eigenvalue weighted by Gasteiger charge is 2.33. The van der Waals surface area contributed by atoms with Crippen LogP contribution >= 0.6 is 24.0 Å². The number of amides is 1. The van der Waals surface area contributed by atoms with Crippen LogP contribution in [0, 0.1) is 5.41 Å². The van der Waals surface area contributed by atoms with Gasteiger partial charge in [-0.1, -0.05) is 19.1 Å². The van der Waals surface area contributed by atoms with Gasteiger partial charge in [0.15, 0.2) is 0 Å². The fraction of sp³-hybridized carbons (Fsp3) is 0.778. The average Bonchev–Trinajstić information content (AvgIpc) is 2.16. The largest absolute Gasteiger partial charge is 0.392 e. The molecule has 1 amide bonds. The molecule has 0 radical (unpaired) electrons. The van der Waals surface area contributed by atoms with Crippen molar-refractivity contribution in [2.45, 2.75) is 20.3 Å². The van der Waals surface area contributed by atoms with E-state index in [1.54, 1.807) is 18.7 Å². The fourth-order valence-corrected chi connectivity index (χ4v) is 1.45. The van der Waals surface area contributed by atoms with Crippen LogP contribution in [0.15, 0.2) is 0 Å². The van der Waals surface area contributed by atoms with Gasteiger partial charge in [0.1, 0.15) is 0 Å². The predicted molar refractivity (Wildman–Crippen MR) is 66.6 cm³/mol. The van der Waals surface area contributed by atoms with Gasteiger partial charge in [0.2, 0.25) is 5.91 Å². The summed E-state index contributed by atoms with van der Waals surface area (Å²) in [6.45, 7) is 4.36. The number of hydrogen-bond acceptors (Lipinski definition) is 3. The number of carbonyl (C=O) groups is 1. The number of thioether (sulfide) groups is 1. The highest BCUT2D eigenvalue weighted by molar-refractivity contribution is 7.98. The highest BCUT2D eigenvalue weighted by Crippen LogP contribution is 2.21. The van der Waals surface area contributed by atoms with Crippen molar-refractivity contribution >= 4 is 34.9 Å². The van der Waals surface area contributed by atoms with E-state index in [1.807, 2.05) is 13.2 Å². The number of nitrogens with one attached hydrogen (secondary N) is 1. The first-order valence-corrected chi connectivity index (χ1v) is 6.36. The molecule has 1 atom stereocenters. The van der Waals surface area contributed by atoms with E-state index in [0.717, 1.165) is 5.75 Å². The second kappa shape index (κ2) is 6.24. The molecule has 0 saturated heterocycles. The molecule has 0 aliphatic heterocycles. The zero-order valence-corrected chi connectivity index (χ0v) is 10.6. The summed E-state index contributed by atoms with van der Waals surface area (Å²) < 4.78 is 0. The van der Waals surface area contributed by atoms with Crippen molar-refractivity contribution in [1.29, 1.82) is 0 Å². The second-order valence-corrected chi connectivity index (χ2v) is 4.72. The van der Waals surface area contributed by atoms with Crippen molar-refractivity contribution in [2.24, 2.45) is 11.1 Å². The smallest absolute Gasteiger partial charge is 0.232 e. The SMILES string of the molecule is CCC(C)(C(=O)NCCSC)C(N)=S. The minimum absolute atomic E-state index is 0.0680. The Labute approximate surface area is 95.2 Å². The van der Waals surface area contributed by atoms with Crippen LogP contribution in [0.5, 0.6) is 0 Å². The molecule has 0 aromatic heterocycles. The van der Waals surface area contributed by atoms with Gasteiger partial charge in [-0.25, -0.2) is 0 Å². The van der Waals surface area contributed by atoms with Gasteiger partial charge in [-0.15, -0.1) is 0 Å². The third-order valence-corrected chi connectivity index (χ3v) is 3.41. The fourth-order valence-electron chi connectivity index (χ4n) is 0.908. The Kier molecular flexibility index (Phi) is 6.11. The minimum Gasteiger partial charge on any atom is -0.392 e. The normalized spacial score (nSPS) is 14.5. The monoisotopic (exact) mass is 234 g/mol. The predicted octanol–water partition coefficient (Wildman–Crippen LogP) is 1.17. The molecule has 0 aliphatic carbocycles. The van der Waals surface area contributed by atoms with Crippen molar-refractivity contribution in [1.82, 2.24) is 5.32 Å². The van der Waals surface area contributed by atoms with Gasteiger partial charge in [0, 0.05) is 12.3 Å². The van der Waals surface area contributed by atoms with Gasteiger partial charge in [-0.05, 0) is 19.6 Å². The summed E-state index contributed by atoms with van der Waals surface area (Å²) >= 11 is 6.59. The Morgan fingerprint density at radius 2 is 2.21 bits per heavy atom. The van der Waals surface area contributed by atoms with Crippen LogP contribution < -0.4 is 11.1 Å². The standard InChI is InChI=1S/C9H18N2OS2/c1-4-9(2,7(10)13)8(12)11-5-6-14-3/h4-6H2,1-3H3,(H2,10,13)(H,11,12). The zero-order valence-electron chi connectivity index (χ0n) is 8.92. The van der Waals surface area contributed by atoms with Gasteiger partial charge >= 0.3 is 0 Å². The molecule has 3 nitrogen and oxygen atoms in total. The topological polar surface area (TPSA) is 55.1 Å². The van der Waals surface area contributed by atoms with Crippen LogP contribution in [0.4, 0.5) is 0 Å². The lowest BCUT2D eigenvalue weighted by Crippen LogP contribution is -2.47. The van der Waals surface area contributed by atoms with Crippen LogP contribution in [0.2, 0.25) is 0 Å². The summed E-state index contributed by atoms with van der Waals surface area (Å²) in [5.74, 6) is 0.838. The molecule has 14 heavy (non-hydrogen) atoms. The lowest BCUT2D eigenvalue weighted by Gasteiger charge is -2.25. The molecule has 0 aromatic carbocycles. The van der Waals surface area contributed by atoms with Crippen LogP contribution in [-0.4, -0.2) is 29.4 Å². The number of rotatable bonds is 6. The van der Waals surface area contributed by atoms with Crippen molar-refractivity contribution in [3.8, 4) is 0 Å². The van der Waals surface area contributed by atoms with Crippen molar-refractivity contribution in [3.63, 3.8) is 0 Å². The summed E-state index contributed by atoms with van der Waals surface area (Å²) in [6, 6.07) is 0. The van der Waals surface area contributed by atoms with Crippen LogP contribution in [0.1, 0.15) is 20.3 Å². The molecular weight excluding hydrogens is 216 g/mol. The quantitative estimate of drug-likeness (QED) is 0.535. The van der Waals surface area contributed by atoms with E-state index >= 15 is 0 Å². The number of thiocarbonyl (C=S) groups is 1. The van der Waals surface area contributed by atoms with Crippen LogP contribution in [0.3, 0.4) is 0 Å². The third kappa shape index (κ3) is 3.46. The summed E-state index contributed by atoms with van der Waals surface area (Å²) in [5, 5.41) is 2.83. The van der Waals surface area contributed by atoms with E-state index < -0.39 is 5.41 Å². The molecule has 0 bridgehead atoms. The molecule has 0 aliphatic rings. The maximum atomic E-state index is 11.7. The third-order valence-electron chi connectivity index (χ3n) is 2.34. The lowest BCUT2D eigenvalue weighted by molar-refractivity contribution is -0.126. The number of nitrogens with two attached hydrogens (primary N) is 1. The number of hydrogen-bond donors (Lipinski definition) is 2. The van der Waals surface area contributed by atoms with Crippen LogP contribution in [-0.2, 0) is 4.79 Å². The average molecular weight is 234 g/mol. The summed E-state index contributed by atoms with van der Waals surface area (Å²) in [6.07, 6.45) is 2.63. The first kappa shape index (κ1) is 13.7. The van der Waals surface area contributed by atoms with Gasteiger partial charge in [0.25, 0.3) is 0 Å². The van der Waals surface area contributed by atoms with E-state index in [0.29, 0.717) is 13.0 Å². The summed E-state index contributed by atoms with van der Waals surface area (Å²) in [5.41, 5.74) is 4.85. The highest BCUT2D eigenvalue weighted by atomic mass is 32.2. The lowest BCUT2D eigenvalue weighted by atomic mass is 9.86. The molecule has 3 N–H and O–H groups in total. The molecule has 1 unspecified atom stereocenters. The van der Waals surface area contributed by atoms with E-state index in [9.17, 15) is 4.79 Å². The molecule has 0 aromatic rings. The Bertz CT molecular complexity index is 221. The Hall–Kier alpha value is -0.290. The Morgan fingerprint density at radius 1 is 1.64 bits per heavy atom. The van der Waals surface area contributed by atoms with Crippen molar-refractivity contribution in [3.05, 3.63) is 0 Å². The van der Waals surface area contributed by atoms with Gasteiger partial charge in [0.05, 0.1) is 10.4 Å². The first-order valence-electron chi connectivity index (χ1n) is 4.56. The molecule has 0 fully saturated rings. The second-order valence-electron chi connectivity index (χ2n) is 3.30. The maximum absolute atomic E-state index is 11.7. The molecule has 0 heterocycles. The molecule has 0 saturated carbocycles. The van der Waals surface area contributed by atoms with E-state index in [1.165, 1.54) is 0 Å². The van der Waals surface area contributed by atoms with E-state index in [4.69, 9.17) is 18.0 Å². The molecule has 0 spiro atoms. The van der Waals surface area contributed by atoms with Gasteiger partial charge < -0.3 is 11.1 Å². The first-order chi connectivity index (χ1) is 6.49. The van der Waals surface area contributed by atoms with Crippen LogP contribution in [0.25, 0.3) is 0 Å². The Morgan fingerprint density at radius 3 is 2.57 bits per heavy atom. The molecular formula is C9H18N2OS2. The zero-order chi connectivity index (χ0) is 11.2. The minimum atomic E-state index is -0.701. The van der Waals surface area contributed by atoms with Crippen molar-refractivity contribution < 1.29 is 4.79 Å². The van der Waals surface area contributed by atoms with Crippen molar-refractivity contribution in [2.75, 3.05) is 18.6 Å². The summed E-state index contributed by atoms with van der Waals surface area (Å²) in [4.78, 5) is 12.0. The summed E-state index contributed by atoms with van der Waals surface area (Å²) in [7, 11) is 0. The van der Waals surface area contributed by atoms with E-state index in [2.05, 4.69) is 5.32 Å². The van der Waals surface area contributed by atoms with E-state index in [-0.39, 0.29) is 10.9 Å². The maximum Gasteiger partial charge on any atom is 0.232 e. The van der Waals surface area contributed by atoms with Gasteiger partial charge in [-0.3, -0.25) is 4.79 Å². The Balaban J connectivity index is 4.25. The number of carbonyl (C=O) groups excluding carboxylic acids is 1.